The second-order valence-corrected chi connectivity index (χ2v) is 15.1. The Morgan fingerprint density at radius 2 is 1.00 bits per heavy atom. The molecule has 105 valence electrons. The molecular weight excluding hydrogens is 323 g/mol. The van der Waals surface area contributed by atoms with Gasteiger partial charge in [-0.15, -0.1) is 0 Å². The first-order chi connectivity index (χ1) is 8.85. The number of rotatable bonds is 9. The summed E-state index contributed by atoms with van der Waals surface area (Å²) in [5.74, 6) is 0. The van der Waals surface area contributed by atoms with Gasteiger partial charge in [-0.25, -0.2) is 0 Å². The first-order valence-electron chi connectivity index (χ1n) is 8.01. The predicted molar refractivity (Wildman–Crippen MR) is 88.9 cm³/mol. The first-order valence-corrected chi connectivity index (χ1v) is 15.0. The van der Waals surface area contributed by atoms with Gasteiger partial charge in [-0.1, -0.05) is 24.3 Å². The molecule has 0 unspecified atom stereocenters. The van der Waals surface area contributed by atoms with Crippen molar-refractivity contribution in [1.82, 2.24) is 0 Å². The molecule has 1 radical (unpaired) electrons. The molecule has 0 atom stereocenters. The van der Waals surface area contributed by atoms with Crippen molar-refractivity contribution in [2.75, 3.05) is 0 Å². The van der Waals surface area contributed by atoms with Gasteiger partial charge < -0.3 is 0 Å². The van der Waals surface area contributed by atoms with Crippen LogP contribution in [0.15, 0.2) is 24.3 Å². The monoisotopic (exact) mass is 357 g/mol. The quantitative estimate of drug-likeness (QED) is 0.449. The Balaban J connectivity index is 0.000000473. The van der Waals surface area contributed by atoms with Gasteiger partial charge in [0.05, 0.1) is 0 Å². The van der Waals surface area contributed by atoms with Gasteiger partial charge in [0.1, 0.15) is 0 Å². The van der Waals surface area contributed by atoms with Crippen molar-refractivity contribution in [3.8, 4) is 0 Å². The molecule has 0 spiro atoms. The van der Waals surface area contributed by atoms with Gasteiger partial charge in [0.2, 0.25) is 0 Å². The fourth-order valence-electron chi connectivity index (χ4n) is 2.23. The van der Waals surface area contributed by atoms with Crippen LogP contribution in [0.1, 0.15) is 59.3 Å². The SMILES string of the molecule is CCC[CH2][SnH]([CH2]CCC)[CH2]CCC.[CH]1C=CC=C1. The average molecular weight is 356 g/mol. The van der Waals surface area contributed by atoms with E-state index in [-0.39, 0.29) is 0 Å². The van der Waals surface area contributed by atoms with E-state index in [4.69, 9.17) is 0 Å². The summed E-state index contributed by atoms with van der Waals surface area (Å²) in [5, 5.41) is 0. The van der Waals surface area contributed by atoms with Crippen molar-refractivity contribution in [3.05, 3.63) is 30.7 Å². The van der Waals surface area contributed by atoms with Gasteiger partial charge in [-0.05, 0) is 0 Å². The fraction of sp³-hybridized carbons (Fsp3) is 0.706. The number of unbranched alkanes of at least 4 members (excludes halogenated alkanes) is 3. The summed E-state index contributed by atoms with van der Waals surface area (Å²) in [6, 6.07) is 0. The Morgan fingerprint density at radius 1 is 0.611 bits per heavy atom. The molecule has 0 aromatic heterocycles. The van der Waals surface area contributed by atoms with Gasteiger partial charge >= 0.3 is 92.4 Å². The van der Waals surface area contributed by atoms with Crippen LogP contribution in [0.2, 0.25) is 13.3 Å². The third-order valence-corrected chi connectivity index (χ3v) is 13.9. The number of hydrogen-bond acceptors (Lipinski definition) is 0. The maximum absolute atomic E-state index is 2.34. The molecule has 0 bridgehead atoms. The van der Waals surface area contributed by atoms with E-state index in [1.54, 1.807) is 13.3 Å². The minimum absolute atomic E-state index is 0.967. The number of hydrogen-bond donors (Lipinski definition) is 0. The normalized spacial score (nSPS) is 12.9. The molecule has 0 aromatic carbocycles. The zero-order chi connectivity index (χ0) is 13.5. The van der Waals surface area contributed by atoms with Gasteiger partial charge in [-0.2, -0.15) is 0 Å². The van der Waals surface area contributed by atoms with Gasteiger partial charge in [0, 0.05) is 6.42 Å². The van der Waals surface area contributed by atoms with E-state index in [0.717, 1.165) is 0 Å². The van der Waals surface area contributed by atoms with Gasteiger partial charge in [-0.3, -0.25) is 0 Å². The molecule has 18 heavy (non-hydrogen) atoms. The average Bonchev–Trinajstić information content (AvgIpc) is 2.97. The predicted octanol–water partition coefficient (Wildman–Crippen LogP) is 5.93. The minimum Gasteiger partial charge on any atom is -0.0767 e. The van der Waals surface area contributed by atoms with Crippen LogP contribution in [-0.4, -0.2) is 19.8 Å². The summed E-state index contributed by atoms with van der Waals surface area (Å²) in [5.41, 5.74) is 0. The molecule has 1 aliphatic rings. The van der Waals surface area contributed by atoms with Crippen molar-refractivity contribution >= 4 is 19.8 Å². The summed E-state index contributed by atoms with van der Waals surface area (Å²) >= 11 is -0.967. The summed E-state index contributed by atoms with van der Waals surface area (Å²) in [7, 11) is 0. The molecule has 0 aliphatic heterocycles. The van der Waals surface area contributed by atoms with Crippen LogP contribution in [0.3, 0.4) is 0 Å². The Hall–Kier alpha value is 0.279. The van der Waals surface area contributed by atoms with E-state index in [1.165, 1.54) is 38.5 Å². The molecule has 1 aliphatic carbocycles. The van der Waals surface area contributed by atoms with Gasteiger partial charge in [0.25, 0.3) is 0 Å². The van der Waals surface area contributed by atoms with Crippen molar-refractivity contribution in [1.29, 1.82) is 0 Å². The Bertz CT molecular complexity index is 177. The molecule has 1 heteroatoms. The molecule has 0 heterocycles. The van der Waals surface area contributed by atoms with Crippen LogP contribution >= 0.6 is 0 Å². The molecule has 0 nitrogen and oxygen atoms in total. The maximum Gasteiger partial charge on any atom is 0.00506 e. The topological polar surface area (TPSA) is 0 Å². The first kappa shape index (κ1) is 18.3. The minimum atomic E-state index is -0.967. The smallest absolute Gasteiger partial charge is 0.00506 e. The largest absolute Gasteiger partial charge is 0.0767 e. The van der Waals surface area contributed by atoms with E-state index in [9.17, 15) is 0 Å². The second-order valence-electron chi connectivity index (χ2n) is 5.25. The van der Waals surface area contributed by atoms with Crippen molar-refractivity contribution in [2.24, 2.45) is 0 Å². The van der Waals surface area contributed by atoms with Crippen LogP contribution in [0, 0.1) is 6.42 Å². The van der Waals surface area contributed by atoms with E-state index in [2.05, 4.69) is 20.8 Å². The molecule has 0 N–H and O–H groups in total. The summed E-state index contributed by atoms with van der Waals surface area (Å²) in [4.78, 5) is 0. The Morgan fingerprint density at radius 3 is 1.22 bits per heavy atom. The van der Waals surface area contributed by atoms with Crippen LogP contribution < -0.4 is 0 Å². The van der Waals surface area contributed by atoms with E-state index < -0.39 is 19.8 Å². The van der Waals surface area contributed by atoms with Crippen LogP contribution in [-0.2, 0) is 0 Å². The molecule has 1 rings (SSSR count). The van der Waals surface area contributed by atoms with Crippen LogP contribution in [0.4, 0.5) is 0 Å². The summed E-state index contributed by atoms with van der Waals surface area (Å²) < 4.78 is 5.08. The molecule has 0 fully saturated rings. The molecular formula is C17H33Sn. The van der Waals surface area contributed by atoms with Crippen molar-refractivity contribution in [2.45, 2.75) is 72.6 Å². The molecule has 0 amide bonds. The zero-order valence-electron chi connectivity index (χ0n) is 12.8. The van der Waals surface area contributed by atoms with Crippen LogP contribution in [0.25, 0.3) is 0 Å². The van der Waals surface area contributed by atoms with E-state index in [1.807, 2.05) is 30.7 Å². The fourth-order valence-corrected chi connectivity index (χ4v) is 13.1. The molecule has 0 aromatic rings. The van der Waals surface area contributed by atoms with E-state index >= 15 is 0 Å². The molecule has 0 saturated heterocycles. The third kappa shape index (κ3) is 12.7. The number of allylic oxidation sites excluding steroid dienone is 4. The summed E-state index contributed by atoms with van der Waals surface area (Å²) in [6.45, 7) is 7.01. The standard InChI is InChI=1S/C5H5.3C4H9.Sn.H/c1-2-4-5-3-1;3*1-3-4-2;;/h1-5H;3*1,3-4H2,2H3;;. The molecule has 0 saturated carbocycles. The van der Waals surface area contributed by atoms with E-state index in [0.29, 0.717) is 0 Å². The summed E-state index contributed by atoms with van der Waals surface area (Å²) in [6.07, 6.45) is 18.9. The van der Waals surface area contributed by atoms with Crippen molar-refractivity contribution in [3.63, 3.8) is 0 Å². The zero-order valence-corrected chi connectivity index (χ0v) is 16.1. The third-order valence-electron chi connectivity index (χ3n) is 3.45. The van der Waals surface area contributed by atoms with Crippen LogP contribution in [0.5, 0.6) is 0 Å². The maximum atomic E-state index is 2.34. The second kappa shape index (κ2) is 15.3. The Kier molecular flexibility index (Phi) is 15.6. The van der Waals surface area contributed by atoms with Crippen molar-refractivity contribution < 1.29 is 0 Å². The Labute approximate surface area is 123 Å². The van der Waals surface area contributed by atoms with Gasteiger partial charge in [0.15, 0.2) is 0 Å².